The van der Waals surface area contributed by atoms with Crippen LogP contribution in [-0.2, 0) is 11.2 Å². The van der Waals surface area contributed by atoms with Crippen LogP contribution in [0.3, 0.4) is 0 Å². The zero-order chi connectivity index (χ0) is 34.5. The van der Waals surface area contributed by atoms with Crippen molar-refractivity contribution in [3.63, 3.8) is 0 Å². The molecule has 0 aliphatic heterocycles. The first kappa shape index (κ1) is 31.2. The molecule has 0 bridgehead atoms. The Morgan fingerprint density at radius 1 is 0.667 bits per heavy atom. The van der Waals surface area contributed by atoms with Gasteiger partial charge in [-0.15, -0.1) is 23.1 Å². The lowest BCUT2D eigenvalue weighted by Gasteiger charge is -2.31. The first-order valence-electron chi connectivity index (χ1n) is 16.8. The Balaban J connectivity index is 1.35. The minimum absolute atomic E-state index is 0.577. The van der Waals surface area contributed by atoms with E-state index in [2.05, 4.69) is 121 Å². The average molecular weight is 693 g/mol. The molecule has 0 atom stereocenters. The maximum atomic E-state index is 5.62. The van der Waals surface area contributed by atoms with E-state index in [9.17, 15) is 0 Å². The zero-order valence-corrected chi connectivity index (χ0v) is 29.3. The number of hydrogen-bond acceptors (Lipinski definition) is 6. The predicted molar refractivity (Wildman–Crippen MR) is 215 cm³/mol. The van der Waals surface area contributed by atoms with E-state index in [4.69, 9.17) is 15.7 Å². The first-order chi connectivity index (χ1) is 25.2. The molecule has 0 saturated heterocycles. The van der Waals surface area contributed by atoms with Crippen LogP contribution in [0, 0.1) is 0 Å². The molecule has 3 aromatic heterocycles. The summed E-state index contributed by atoms with van der Waals surface area (Å²) in [6, 6.07) is 39.4. The fraction of sp³-hybridized carbons (Fsp3) is 0.0444. The van der Waals surface area contributed by atoms with Crippen LogP contribution < -0.4 is 5.73 Å². The van der Waals surface area contributed by atoms with Crippen molar-refractivity contribution in [1.29, 1.82) is 0 Å². The molecular formula is C45H32N4S2. The van der Waals surface area contributed by atoms with Gasteiger partial charge in [-0.1, -0.05) is 98.1 Å². The summed E-state index contributed by atoms with van der Waals surface area (Å²) >= 11 is 3.23. The number of aromatic nitrogens is 3. The second-order valence-corrected chi connectivity index (χ2v) is 14.4. The lowest BCUT2D eigenvalue weighted by molar-refractivity contribution is 0.794. The topological polar surface area (TPSA) is 64.7 Å². The Morgan fingerprint density at radius 2 is 1.39 bits per heavy atom. The third-order valence-corrected chi connectivity index (χ3v) is 11.7. The molecule has 6 heteroatoms. The monoisotopic (exact) mass is 692 g/mol. The summed E-state index contributed by atoms with van der Waals surface area (Å²) in [5.41, 5.74) is 22.8. The summed E-state index contributed by atoms with van der Waals surface area (Å²) in [4.78, 5) is 14.8. The average Bonchev–Trinajstić information content (AvgIpc) is 3.90. The van der Waals surface area contributed by atoms with Gasteiger partial charge in [-0.25, -0.2) is 9.97 Å². The lowest BCUT2D eigenvalue weighted by atomic mass is 9.69. The maximum Gasteiger partial charge on any atom is 0.141 e. The van der Waals surface area contributed by atoms with E-state index in [0.717, 1.165) is 55.8 Å². The predicted octanol–water partition coefficient (Wildman–Crippen LogP) is 11.2. The molecule has 0 fully saturated rings. The number of benzene rings is 4. The van der Waals surface area contributed by atoms with E-state index < -0.39 is 5.41 Å². The van der Waals surface area contributed by atoms with Crippen molar-refractivity contribution in [3.05, 3.63) is 185 Å². The molecule has 7 aromatic rings. The smallest absolute Gasteiger partial charge is 0.141 e. The van der Waals surface area contributed by atoms with Gasteiger partial charge in [-0.3, -0.25) is 4.98 Å². The molecule has 1 spiro atoms. The summed E-state index contributed by atoms with van der Waals surface area (Å²) < 4.78 is 0. The molecule has 9 rings (SSSR count). The molecule has 51 heavy (non-hydrogen) atoms. The Hall–Kier alpha value is -5.82. The van der Waals surface area contributed by atoms with Gasteiger partial charge in [0.15, 0.2) is 0 Å². The number of thiazole rings is 1. The maximum absolute atomic E-state index is 5.62. The third kappa shape index (κ3) is 4.71. The van der Waals surface area contributed by atoms with Crippen molar-refractivity contribution in [2.45, 2.75) is 11.2 Å². The molecule has 2 aliphatic carbocycles. The number of fused-ring (bicyclic) bond motifs is 10. The van der Waals surface area contributed by atoms with E-state index in [1.54, 1.807) is 29.3 Å². The largest absolute Gasteiger partial charge is 0.404 e. The summed E-state index contributed by atoms with van der Waals surface area (Å²) in [5.74, 6) is 0.723. The molecule has 2 N–H and O–H groups in total. The van der Waals surface area contributed by atoms with Crippen LogP contribution in [-0.4, -0.2) is 15.0 Å². The molecule has 0 unspecified atom stereocenters. The Bertz CT molecular complexity index is 2500. The molecule has 4 aromatic carbocycles. The van der Waals surface area contributed by atoms with Gasteiger partial charge in [0.2, 0.25) is 0 Å². The van der Waals surface area contributed by atoms with Crippen LogP contribution in [0.2, 0.25) is 0 Å². The number of hydrogen-bond donors (Lipinski definition) is 1. The van der Waals surface area contributed by atoms with Crippen LogP contribution in [0.15, 0.2) is 146 Å². The van der Waals surface area contributed by atoms with Crippen LogP contribution in [0.5, 0.6) is 0 Å². The first-order valence-corrected chi connectivity index (χ1v) is 18.7. The second kappa shape index (κ2) is 12.5. The molecule has 0 saturated carbocycles. The van der Waals surface area contributed by atoms with Crippen molar-refractivity contribution in [2.75, 3.05) is 0 Å². The van der Waals surface area contributed by atoms with Crippen LogP contribution >= 0.6 is 23.1 Å². The third-order valence-electron chi connectivity index (χ3n) is 10.1. The van der Waals surface area contributed by atoms with Crippen molar-refractivity contribution in [3.8, 4) is 55.5 Å². The standard InChI is InChI=1S/C45H32N4S2/c1-3-30-31(4-2)43-34-20-19-28(40-16-10-18-42(49-40)44-47-22-24-51-44)25-38(34)45(36-14-7-5-12-32(36)33-13-6-8-15-37(33)45)39(43)26-35(30)41-17-9-11-29(48-41)27-50-23-21-46/h3-26H,1-2,27,46H2/b23-21-. The van der Waals surface area contributed by atoms with Gasteiger partial charge in [0, 0.05) is 34.7 Å². The van der Waals surface area contributed by atoms with Crippen LogP contribution in [0.1, 0.15) is 39.1 Å². The molecule has 244 valence electrons. The van der Waals surface area contributed by atoms with Crippen LogP contribution in [0.25, 0.3) is 67.6 Å². The lowest BCUT2D eigenvalue weighted by Crippen LogP contribution is -2.26. The summed E-state index contributed by atoms with van der Waals surface area (Å²) in [6.07, 6.45) is 7.34. The second-order valence-electron chi connectivity index (χ2n) is 12.6. The van der Waals surface area contributed by atoms with E-state index in [1.807, 2.05) is 35.2 Å². The van der Waals surface area contributed by atoms with E-state index in [-0.39, 0.29) is 0 Å². The van der Waals surface area contributed by atoms with E-state index in [1.165, 1.54) is 44.5 Å². The van der Waals surface area contributed by atoms with Gasteiger partial charge < -0.3 is 5.73 Å². The SMILES string of the molecule is C=Cc1c(-c2cccc(CS/C=C\N)n2)cc2c(c1C=C)-c1ccc(-c3cccc(-c4nccs4)n3)cc1C21c2ccccc2-c2ccccc21. The van der Waals surface area contributed by atoms with Gasteiger partial charge in [0.1, 0.15) is 5.01 Å². The van der Waals surface area contributed by atoms with E-state index in [0.29, 0.717) is 0 Å². The molecule has 0 radical (unpaired) electrons. The molecule has 4 nitrogen and oxygen atoms in total. The fourth-order valence-electron chi connectivity index (χ4n) is 8.10. The number of rotatable bonds is 8. The Kier molecular flexibility index (Phi) is 7.64. The molecule has 3 heterocycles. The number of nitrogens with two attached hydrogens (primary N) is 1. The van der Waals surface area contributed by atoms with Crippen molar-refractivity contribution in [2.24, 2.45) is 5.73 Å². The van der Waals surface area contributed by atoms with Gasteiger partial charge >= 0.3 is 0 Å². The quantitative estimate of drug-likeness (QED) is 0.172. The highest BCUT2D eigenvalue weighted by molar-refractivity contribution is 8.01. The van der Waals surface area contributed by atoms with Crippen LogP contribution in [0.4, 0.5) is 0 Å². The number of pyridine rings is 2. The van der Waals surface area contributed by atoms with Gasteiger partial charge in [-0.05, 0) is 97.4 Å². The summed E-state index contributed by atoms with van der Waals surface area (Å²) in [6.45, 7) is 8.71. The minimum atomic E-state index is -0.577. The van der Waals surface area contributed by atoms with Crippen molar-refractivity contribution >= 4 is 35.3 Å². The molecule has 0 amide bonds. The highest BCUT2D eigenvalue weighted by atomic mass is 32.2. The molecular weight excluding hydrogens is 661 g/mol. The Labute approximate surface area is 305 Å². The highest BCUT2D eigenvalue weighted by Gasteiger charge is 2.52. The zero-order valence-electron chi connectivity index (χ0n) is 27.7. The summed E-state index contributed by atoms with van der Waals surface area (Å²) in [7, 11) is 0. The fourth-order valence-corrected chi connectivity index (χ4v) is 9.25. The van der Waals surface area contributed by atoms with Crippen molar-refractivity contribution in [1.82, 2.24) is 15.0 Å². The van der Waals surface area contributed by atoms with Gasteiger partial charge in [-0.2, -0.15) is 0 Å². The number of thioether (sulfide) groups is 1. The Morgan fingerprint density at radius 3 is 2.12 bits per heavy atom. The van der Waals surface area contributed by atoms with Gasteiger partial charge in [0.25, 0.3) is 0 Å². The minimum Gasteiger partial charge on any atom is -0.404 e. The molecule has 2 aliphatic rings. The van der Waals surface area contributed by atoms with Gasteiger partial charge in [0.05, 0.1) is 28.2 Å². The van der Waals surface area contributed by atoms with Crippen molar-refractivity contribution < 1.29 is 0 Å². The number of nitrogens with zero attached hydrogens (tertiary/aromatic N) is 3. The normalized spacial score (nSPS) is 13.2. The summed E-state index contributed by atoms with van der Waals surface area (Å²) in [5, 5.41) is 4.79. The van der Waals surface area contributed by atoms with E-state index >= 15 is 0 Å². The highest BCUT2D eigenvalue weighted by Crippen LogP contribution is 2.64.